The second-order valence-corrected chi connectivity index (χ2v) is 6.96. The number of rotatable bonds is 3. The molecule has 2 aliphatic carbocycles. The van der Waals surface area contributed by atoms with Crippen LogP contribution in [-0.4, -0.2) is 5.11 Å². The van der Waals surface area contributed by atoms with Crippen LogP contribution in [0.5, 0.6) is 0 Å². The molecule has 0 aromatic carbocycles. The maximum atomic E-state index is 10.3. The van der Waals surface area contributed by atoms with Crippen molar-refractivity contribution in [2.45, 2.75) is 38.2 Å². The smallest absolute Gasteiger partial charge is 0.0811 e. The molecule has 4 atom stereocenters. The van der Waals surface area contributed by atoms with Crippen molar-refractivity contribution in [3.05, 3.63) is 20.8 Å². The Hall–Kier alpha value is 0.140. The summed E-state index contributed by atoms with van der Waals surface area (Å²) in [5.41, 5.74) is 1.09. The lowest BCUT2D eigenvalue weighted by Gasteiger charge is -2.24. The third-order valence-corrected chi connectivity index (χ3v) is 6.16. The third kappa shape index (κ3) is 1.98. The minimum atomic E-state index is -0.259. The fraction of sp³-hybridized carbons (Fsp3) is 0.692. The number of aliphatic hydroxyl groups is 1. The Morgan fingerprint density at radius 2 is 2.25 bits per heavy atom. The van der Waals surface area contributed by atoms with Crippen molar-refractivity contribution in [2.75, 3.05) is 0 Å². The maximum Gasteiger partial charge on any atom is 0.0811 e. The summed E-state index contributed by atoms with van der Waals surface area (Å²) in [6.45, 7) is 0. The molecule has 0 radical (unpaired) electrons. The molecule has 3 heteroatoms. The Morgan fingerprint density at radius 1 is 1.38 bits per heavy atom. The van der Waals surface area contributed by atoms with Crippen molar-refractivity contribution >= 4 is 27.3 Å². The fourth-order valence-electron chi connectivity index (χ4n) is 3.61. The molecular weight excluding hydrogens is 284 g/mol. The highest BCUT2D eigenvalue weighted by Gasteiger charge is 2.40. The molecule has 2 fully saturated rings. The summed E-state index contributed by atoms with van der Waals surface area (Å²) in [6.07, 6.45) is 6.36. The van der Waals surface area contributed by atoms with Crippen molar-refractivity contribution < 1.29 is 5.11 Å². The van der Waals surface area contributed by atoms with E-state index in [-0.39, 0.29) is 6.10 Å². The first-order chi connectivity index (χ1) is 7.74. The SMILES string of the molecule is OC(CC1CC2CCC1C2)c1cscc1Br. The van der Waals surface area contributed by atoms with Crippen molar-refractivity contribution in [2.24, 2.45) is 17.8 Å². The van der Waals surface area contributed by atoms with Gasteiger partial charge in [0.2, 0.25) is 0 Å². The van der Waals surface area contributed by atoms with Crippen LogP contribution in [0.3, 0.4) is 0 Å². The van der Waals surface area contributed by atoms with Gasteiger partial charge in [0.15, 0.2) is 0 Å². The molecule has 3 rings (SSSR count). The zero-order valence-corrected chi connectivity index (χ0v) is 11.6. The lowest BCUT2D eigenvalue weighted by Crippen LogP contribution is -2.14. The molecule has 1 aromatic rings. The van der Waals surface area contributed by atoms with E-state index in [2.05, 4.69) is 26.7 Å². The van der Waals surface area contributed by atoms with Gasteiger partial charge in [0.25, 0.3) is 0 Å². The molecule has 0 spiro atoms. The predicted molar refractivity (Wildman–Crippen MR) is 70.5 cm³/mol. The van der Waals surface area contributed by atoms with Gasteiger partial charge >= 0.3 is 0 Å². The molecule has 0 saturated heterocycles. The number of hydrogen-bond acceptors (Lipinski definition) is 2. The average Bonchev–Trinajstić information content (AvgIpc) is 2.92. The van der Waals surface area contributed by atoms with Crippen LogP contribution in [0.15, 0.2) is 15.2 Å². The second kappa shape index (κ2) is 4.43. The minimum Gasteiger partial charge on any atom is -0.388 e. The van der Waals surface area contributed by atoms with Gasteiger partial charge in [0.1, 0.15) is 0 Å². The first kappa shape index (κ1) is 11.2. The van der Waals surface area contributed by atoms with E-state index in [0.717, 1.165) is 34.2 Å². The molecule has 4 unspecified atom stereocenters. The summed E-state index contributed by atoms with van der Waals surface area (Å²) >= 11 is 5.17. The second-order valence-electron chi connectivity index (χ2n) is 5.36. The number of aliphatic hydroxyl groups excluding tert-OH is 1. The standard InChI is InChI=1S/C13H17BrOS/c14-12-7-16-6-11(12)13(15)5-10-4-8-1-2-9(10)3-8/h6-10,13,15H,1-5H2. The highest BCUT2D eigenvalue weighted by atomic mass is 79.9. The van der Waals surface area contributed by atoms with Crippen molar-refractivity contribution in [3.8, 4) is 0 Å². The van der Waals surface area contributed by atoms with Gasteiger partial charge in [-0.2, -0.15) is 11.3 Å². The van der Waals surface area contributed by atoms with E-state index in [1.54, 1.807) is 11.3 Å². The van der Waals surface area contributed by atoms with Gasteiger partial charge < -0.3 is 5.11 Å². The Kier molecular flexibility index (Phi) is 3.11. The molecule has 1 heterocycles. The molecule has 1 nitrogen and oxygen atoms in total. The molecule has 2 aliphatic rings. The van der Waals surface area contributed by atoms with Crippen LogP contribution in [0.2, 0.25) is 0 Å². The number of fused-ring (bicyclic) bond motifs is 2. The number of halogens is 1. The molecule has 1 aromatic heterocycles. The van der Waals surface area contributed by atoms with Crippen molar-refractivity contribution in [1.29, 1.82) is 0 Å². The largest absolute Gasteiger partial charge is 0.388 e. The van der Waals surface area contributed by atoms with Gasteiger partial charge in [-0.05, 0) is 64.7 Å². The molecular formula is C13H17BrOS. The molecule has 1 N–H and O–H groups in total. The monoisotopic (exact) mass is 300 g/mol. The van der Waals surface area contributed by atoms with E-state index in [0.29, 0.717) is 0 Å². The summed E-state index contributed by atoms with van der Waals surface area (Å²) in [7, 11) is 0. The summed E-state index contributed by atoms with van der Waals surface area (Å²) in [6, 6.07) is 0. The van der Waals surface area contributed by atoms with Gasteiger partial charge in [-0.3, -0.25) is 0 Å². The first-order valence-electron chi connectivity index (χ1n) is 6.13. The summed E-state index contributed by atoms with van der Waals surface area (Å²) in [5.74, 6) is 2.67. The first-order valence-corrected chi connectivity index (χ1v) is 7.87. The van der Waals surface area contributed by atoms with Crippen LogP contribution >= 0.6 is 27.3 Å². The zero-order chi connectivity index (χ0) is 11.1. The van der Waals surface area contributed by atoms with E-state index in [9.17, 15) is 5.11 Å². The molecule has 16 heavy (non-hydrogen) atoms. The van der Waals surface area contributed by atoms with E-state index < -0.39 is 0 Å². The minimum absolute atomic E-state index is 0.259. The van der Waals surface area contributed by atoms with Crippen molar-refractivity contribution in [3.63, 3.8) is 0 Å². The van der Waals surface area contributed by atoms with E-state index in [1.807, 2.05) is 0 Å². The van der Waals surface area contributed by atoms with Crippen LogP contribution in [0, 0.1) is 17.8 Å². The highest BCUT2D eigenvalue weighted by molar-refractivity contribution is 9.10. The van der Waals surface area contributed by atoms with Gasteiger partial charge in [-0.1, -0.05) is 6.42 Å². The molecule has 88 valence electrons. The van der Waals surface area contributed by atoms with Crippen LogP contribution in [-0.2, 0) is 0 Å². The summed E-state index contributed by atoms with van der Waals surface area (Å²) < 4.78 is 1.08. The highest BCUT2D eigenvalue weighted by Crippen LogP contribution is 2.51. The molecule has 2 saturated carbocycles. The predicted octanol–water partition coefficient (Wildman–Crippen LogP) is 4.37. The average molecular weight is 301 g/mol. The maximum absolute atomic E-state index is 10.3. The Bertz CT molecular complexity index is 376. The Morgan fingerprint density at radius 3 is 2.81 bits per heavy atom. The normalized spacial score (nSPS) is 34.5. The van der Waals surface area contributed by atoms with E-state index in [1.165, 1.54) is 25.7 Å². The molecule has 0 amide bonds. The number of hydrogen-bond donors (Lipinski definition) is 1. The van der Waals surface area contributed by atoms with Gasteiger partial charge in [0, 0.05) is 15.4 Å². The lowest BCUT2D eigenvalue weighted by molar-refractivity contribution is 0.125. The van der Waals surface area contributed by atoms with Gasteiger partial charge in [0.05, 0.1) is 6.10 Å². The molecule has 0 aliphatic heterocycles. The topological polar surface area (TPSA) is 20.2 Å². The van der Waals surface area contributed by atoms with E-state index >= 15 is 0 Å². The van der Waals surface area contributed by atoms with E-state index in [4.69, 9.17) is 0 Å². The lowest BCUT2D eigenvalue weighted by atomic mass is 9.84. The zero-order valence-electron chi connectivity index (χ0n) is 9.23. The Labute approximate surface area is 109 Å². The van der Waals surface area contributed by atoms with Crippen LogP contribution in [0.25, 0.3) is 0 Å². The number of thiophene rings is 1. The fourth-order valence-corrected chi connectivity index (χ4v) is 5.22. The summed E-state index contributed by atoms with van der Waals surface area (Å²) in [5, 5.41) is 14.4. The van der Waals surface area contributed by atoms with Gasteiger partial charge in [-0.25, -0.2) is 0 Å². The molecule has 2 bridgehead atoms. The van der Waals surface area contributed by atoms with Crippen molar-refractivity contribution in [1.82, 2.24) is 0 Å². The van der Waals surface area contributed by atoms with Gasteiger partial charge in [-0.15, -0.1) is 0 Å². The summed E-state index contributed by atoms with van der Waals surface area (Å²) in [4.78, 5) is 0. The van der Waals surface area contributed by atoms with Crippen LogP contribution in [0.4, 0.5) is 0 Å². The van der Waals surface area contributed by atoms with Crippen LogP contribution in [0.1, 0.15) is 43.8 Å². The van der Waals surface area contributed by atoms with Crippen LogP contribution < -0.4 is 0 Å². The Balaban J connectivity index is 1.65. The third-order valence-electron chi connectivity index (χ3n) is 4.41. The quantitative estimate of drug-likeness (QED) is 0.879.